The molecule has 1 aromatic heterocycles. The molecule has 1 aromatic carbocycles. The molecule has 2 aromatic rings. The third-order valence-corrected chi connectivity index (χ3v) is 3.33. The van der Waals surface area contributed by atoms with Gasteiger partial charge in [-0.3, -0.25) is 9.89 Å². The number of hydrogen-bond donors (Lipinski definition) is 2. The number of hydrogen-bond acceptors (Lipinski definition) is 2. The second-order valence-electron chi connectivity index (χ2n) is 5.73. The fourth-order valence-corrected chi connectivity index (χ4v) is 1.97. The molecule has 0 bridgehead atoms. The highest BCUT2D eigenvalue weighted by Crippen LogP contribution is 2.22. The van der Waals surface area contributed by atoms with Gasteiger partial charge in [-0.05, 0) is 11.6 Å². The third kappa shape index (κ3) is 3.61. The molecule has 0 spiro atoms. The van der Waals surface area contributed by atoms with Gasteiger partial charge in [0.15, 0.2) is 5.82 Å². The maximum atomic E-state index is 12.0. The fourth-order valence-electron chi connectivity index (χ4n) is 1.77. The van der Waals surface area contributed by atoms with E-state index in [1.54, 1.807) is 6.07 Å². The highest BCUT2D eigenvalue weighted by molar-refractivity contribution is 6.31. The minimum absolute atomic E-state index is 0.0291. The number of carbonyl (C=O) groups excluding carboxylic acids is 1. The van der Waals surface area contributed by atoms with E-state index in [1.165, 1.54) is 0 Å². The summed E-state index contributed by atoms with van der Waals surface area (Å²) in [5.74, 6) is 0.400. The molecule has 0 unspecified atom stereocenters. The largest absolute Gasteiger partial charge is 0.309 e. The lowest BCUT2D eigenvalue weighted by Crippen LogP contribution is -2.15. The number of nitrogens with one attached hydrogen (secondary N) is 2. The summed E-state index contributed by atoms with van der Waals surface area (Å²) in [4.78, 5) is 12.0. The van der Waals surface area contributed by atoms with E-state index >= 15 is 0 Å². The van der Waals surface area contributed by atoms with Crippen LogP contribution in [0.15, 0.2) is 30.3 Å². The zero-order valence-electron chi connectivity index (χ0n) is 11.8. The van der Waals surface area contributed by atoms with Gasteiger partial charge < -0.3 is 5.32 Å². The van der Waals surface area contributed by atoms with Crippen molar-refractivity contribution in [3.63, 3.8) is 0 Å². The Kier molecular flexibility index (Phi) is 4.14. The van der Waals surface area contributed by atoms with Gasteiger partial charge in [-0.1, -0.05) is 50.6 Å². The first-order valence-electron chi connectivity index (χ1n) is 6.45. The highest BCUT2D eigenvalue weighted by Gasteiger charge is 2.17. The molecule has 5 heteroatoms. The summed E-state index contributed by atoms with van der Waals surface area (Å²) >= 11 is 6.03. The van der Waals surface area contributed by atoms with Crippen LogP contribution in [0.4, 0.5) is 5.82 Å². The van der Waals surface area contributed by atoms with Crippen LogP contribution in [0.2, 0.25) is 5.02 Å². The Morgan fingerprint density at radius 1 is 1.35 bits per heavy atom. The molecular weight excluding hydrogens is 274 g/mol. The smallest absolute Gasteiger partial charge is 0.230 e. The van der Waals surface area contributed by atoms with Gasteiger partial charge in [-0.2, -0.15) is 5.10 Å². The molecule has 2 N–H and O–H groups in total. The number of amides is 1. The van der Waals surface area contributed by atoms with Crippen LogP contribution in [0.3, 0.4) is 0 Å². The Morgan fingerprint density at radius 3 is 2.65 bits per heavy atom. The van der Waals surface area contributed by atoms with E-state index in [0.717, 1.165) is 11.3 Å². The summed E-state index contributed by atoms with van der Waals surface area (Å²) < 4.78 is 0. The summed E-state index contributed by atoms with van der Waals surface area (Å²) in [7, 11) is 0. The zero-order chi connectivity index (χ0) is 14.8. The number of aromatic amines is 1. The van der Waals surface area contributed by atoms with Crippen LogP contribution in [0, 0.1) is 0 Å². The van der Waals surface area contributed by atoms with E-state index in [2.05, 4.69) is 36.3 Å². The standard InChI is InChI=1S/C15H18ClN3O/c1-15(2,3)12-9-13(19-18-12)17-14(20)8-10-6-4-5-7-11(10)16/h4-7,9H,8H2,1-3H3,(H2,17,18,19,20). The van der Waals surface area contributed by atoms with Crippen LogP contribution >= 0.6 is 11.6 Å². The first-order valence-corrected chi connectivity index (χ1v) is 6.83. The van der Waals surface area contributed by atoms with Crippen LogP contribution in [0.25, 0.3) is 0 Å². The maximum absolute atomic E-state index is 12.0. The average molecular weight is 292 g/mol. The van der Waals surface area contributed by atoms with Crippen molar-refractivity contribution >= 4 is 23.3 Å². The van der Waals surface area contributed by atoms with Crippen LogP contribution in [0.5, 0.6) is 0 Å². The predicted molar refractivity (Wildman–Crippen MR) is 81.1 cm³/mol. The van der Waals surface area contributed by atoms with Gasteiger partial charge >= 0.3 is 0 Å². The Labute approximate surface area is 123 Å². The lowest BCUT2D eigenvalue weighted by Gasteiger charge is -2.14. The minimum Gasteiger partial charge on any atom is -0.309 e. The fraction of sp³-hybridized carbons (Fsp3) is 0.333. The van der Waals surface area contributed by atoms with Gasteiger partial charge in [-0.25, -0.2) is 0 Å². The van der Waals surface area contributed by atoms with E-state index in [0.29, 0.717) is 10.8 Å². The lowest BCUT2D eigenvalue weighted by atomic mass is 9.92. The monoisotopic (exact) mass is 291 g/mol. The third-order valence-electron chi connectivity index (χ3n) is 2.96. The SMILES string of the molecule is CC(C)(C)c1cc(NC(=O)Cc2ccccc2Cl)n[nH]1. The molecule has 0 atom stereocenters. The van der Waals surface area contributed by atoms with Crippen LogP contribution in [-0.4, -0.2) is 16.1 Å². The molecule has 0 fully saturated rings. The summed E-state index contributed by atoms with van der Waals surface area (Å²) in [5.41, 5.74) is 1.75. The van der Waals surface area contributed by atoms with E-state index in [4.69, 9.17) is 11.6 Å². The van der Waals surface area contributed by atoms with Crippen LogP contribution in [0.1, 0.15) is 32.0 Å². The van der Waals surface area contributed by atoms with Gasteiger partial charge in [-0.15, -0.1) is 0 Å². The van der Waals surface area contributed by atoms with Gasteiger partial charge in [0.05, 0.1) is 6.42 Å². The van der Waals surface area contributed by atoms with E-state index < -0.39 is 0 Å². The van der Waals surface area contributed by atoms with Crippen molar-refractivity contribution in [3.8, 4) is 0 Å². The van der Waals surface area contributed by atoms with E-state index in [-0.39, 0.29) is 17.7 Å². The van der Waals surface area contributed by atoms with Gasteiger partial charge in [0, 0.05) is 22.2 Å². The summed E-state index contributed by atoms with van der Waals surface area (Å²) in [6.07, 6.45) is 0.234. The number of halogens is 1. The Balaban J connectivity index is 2.02. The maximum Gasteiger partial charge on any atom is 0.230 e. The van der Waals surface area contributed by atoms with Crippen molar-refractivity contribution in [2.24, 2.45) is 0 Å². The van der Waals surface area contributed by atoms with Gasteiger partial charge in [0.2, 0.25) is 5.91 Å². The van der Waals surface area contributed by atoms with Crippen molar-refractivity contribution in [2.75, 3.05) is 5.32 Å². The molecule has 0 aliphatic heterocycles. The predicted octanol–water partition coefficient (Wildman–Crippen LogP) is 3.54. The zero-order valence-corrected chi connectivity index (χ0v) is 12.6. The normalized spacial score (nSPS) is 11.4. The van der Waals surface area contributed by atoms with Crippen molar-refractivity contribution in [3.05, 3.63) is 46.6 Å². The molecule has 0 radical (unpaired) electrons. The summed E-state index contributed by atoms with van der Waals surface area (Å²) in [6, 6.07) is 9.17. The van der Waals surface area contributed by atoms with Crippen molar-refractivity contribution in [2.45, 2.75) is 32.6 Å². The number of benzene rings is 1. The molecular formula is C15H18ClN3O. The van der Waals surface area contributed by atoms with E-state index in [1.807, 2.05) is 24.3 Å². The number of H-pyrrole nitrogens is 1. The molecule has 0 aliphatic carbocycles. The van der Waals surface area contributed by atoms with Crippen LogP contribution in [-0.2, 0) is 16.6 Å². The molecule has 1 heterocycles. The number of anilines is 1. The average Bonchev–Trinajstić information content (AvgIpc) is 2.80. The van der Waals surface area contributed by atoms with Crippen molar-refractivity contribution in [1.29, 1.82) is 0 Å². The van der Waals surface area contributed by atoms with Gasteiger partial charge in [0.1, 0.15) is 0 Å². The first kappa shape index (κ1) is 14.6. The minimum atomic E-state index is -0.134. The molecule has 0 aliphatic rings. The van der Waals surface area contributed by atoms with Gasteiger partial charge in [0.25, 0.3) is 0 Å². The quantitative estimate of drug-likeness (QED) is 0.909. The molecule has 20 heavy (non-hydrogen) atoms. The van der Waals surface area contributed by atoms with E-state index in [9.17, 15) is 4.79 Å². The Morgan fingerprint density at radius 2 is 2.05 bits per heavy atom. The molecule has 2 rings (SSSR count). The number of rotatable bonds is 3. The number of nitrogens with zero attached hydrogens (tertiary/aromatic N) is 1. The Bertz CT molecular complexity index is 614. The van der Waals surface area contributed by atoms with Crippen molar-refractivity contribution in [1.82, 2.24) is 10.2 Å². The Hall–Kier alpha value is -1.81. The number of aromatic nitrogens is 2. The highest BCUT2D eigenvalue weighted by atomic mass is 35.5. The molecule has 0 saturated carbocycles. The van der Waals surface area contributed by atoms with Crippen molar-refractivity contribution < 1.29 is 4.79 Å². The number of carbonyl (C=O) groups is 1. The second-order valence-corrected chi connectivity index (χ2v) is 6.14. The van der Waals surface area contributed by atoms with Crippen LogP contribution < -0.4 is 5.32 Å². The lowest BCUT2D eigenvalue weighted by molar-refractivity contribution is -0.115. The summed E-state index contributed by atoms with van der Waals surface area (Å²) in [6.45, 7) is 6.24. The molecule has 1 amide bonds. The molecule has 0 saturated heterocycles. The molecule has 4 nitrogen and oxygen atoms in total. The first-order chi connectivity index (χ1) is 9.36. The second kappa shape index (κ2) is 5.67. The topological polar surface area (TPSA) is 57.8 Å². The molecule has 106 valence electrons. The summed E-state index contributed by atoms with van der Waals surface area (Å²) in [5, 5.41) is 10.4.